The van der Waals surface area contributed by atoms with E-state index < -0.39 is 25.4 Å². The molecule has 2 unspecified atom stereocenters. The van der Waals surface area contributed by atoms with Crippen LogP contribution >= 0.6 is 7.52 Å². The minimum atomic E-state index is -3.58. The summed E-state index contributed by atoms with van der Waals surface area (Å²) in [5, 5.41) is 11.3. The van der Waals surface area contributed by atoms with Crippen LogP contribution in [0.15, 0.2) is 0 Å². The number of nitrogens with zero attached hydrogens (tertiary/aromatic N) is 1. The van der Waals surface area contributed by atoms with Crippen LogP contribution in [-0.2, 0) is 14.2 Å². The number of carboxylic acid groups (broad SMARTS) is 1. The quantitative estimate of drug-likeness (QED) is 0.334. The molecule has 0 aromatic rings. The lowest BCUT2D eigenvalue weighted by Gasteiger charge is -2.32. The molecular formula is C13H26N3O5P. The predicted octanol–water partition coefficient (Wildman–Crippen LogP) is 0.356. The summed E-state index contributed by atoms with van der Waals surface area (Å²) < 4.78 is 12.1. The molecule has 1 aliphatic heterocycles. The van der Waals surface area contributed by atoms with E-state index in [-0.39, 0.29) is 12.7 Å². The number of nitrogens with two attached hydrogens (primary N) is 1. The van der Waals surface area contributed by atoms with Crippen LogP contribution in [0.4, 0.5) is 0 Å². The molecule has 0 aromatic heterocycles. The Hall–Kier alpha value is -0.950. The van der Waals surface area contributed by atoms with E-state index in [0.717, 1.165) is 19.3 Å². The topological polar surface area (TPSA) is 133 Å². The van der Waals surface area contributed by atoms with E-state index in [1.54, 1.807) is 0 Å². The van der Waals surface area contributed by atoms with Crippen LogP contribution in [-0.4, -0.2) is 58.6 Å². The van der Waals surface area contributed by atoms with Gasteiger partial charge >= 0.3 is 5.97 Å². The van der Waals surface area contributed by atoms with Crippen molar-refractivity contribution < 1.29 is 24.2 Å². The molecule has 9 heteroatoms. The average Bonchev–Trinajstić information content (AvgIpc) is 2.42. The van der Waals surface area contributed by atoms with Crippen molar-refractivity contribution in [3.8, 4) is 0 Å². The molecule has 0 aromatic carbocycles. The third-order valence-corrected chi connectivity index (χ3v) is 5.27. The fourth-order valence-electron chi connectivity index (χ4n) is 2.51. The number of hydrogen-bond donors (Lipinski definition) is 4. The molecule has 1 rings (SSSR count). The molecule has 0 bridgehead atoms. The van der Waals surface area contributed by atoms with E-state index in [9.17, 15) is 19.0 Å². The maximum atomic E-state index is 12.1. The highest BCUT2D eigenvalue weighted by molar-refractivity contribution is 7.55. The van der Waals surface area contributed by atoms with Gasteiger partial charge in [-0.25, -0.2) is 5.09 Å². The Labute approximate surface area is 130 Å². The number of nitrogens with one attached hydrogen (secondary N) is 1. The van der Waals surface area contributed by atoms with Crippen molar-refractivity contribution in [3.63, 3.8) is 0 Å². The molecular weight excluding hydrogens is 309 g/mol. The lowest BCUT2D eigenvalue weighted by Crippen LogP contribution is -2.51. The third kappa shape index (κ3) is 6.87. The predicted molar refractivity (Wildman–Crippen MR) is 82.6 cm³/mol. The van der Waals surface area contributed by atoms with Crippen molar-refractivity contribution in [1.82, 2.24) is 9.99 Å². The van der Waals surface area contributed by atoms with Gasteiger partial charge in [0.1, 0.15) is 6.54 Å². The third-order valence-electron chi connectivity index (χ3n) is 3.63. The highest BCUT2D eigenvalue weighted by Crippen LogP contribution is 2.38. The Balaban J connectivity index is 2.44. The number of likely N-dealkylation sites (tertiary alicyclic amines) is 1. The first-order valence-corrected chi connectivity index (χ1v) is 9.50. The van der Waals surface area contributed by atoms with Crippen molar-refractivity contribution in [1.29, 1.82) is 0 Å². The molecule has 1 amide bonds. The number of amides is 1. The monoisotopic (exact) mass is 335 g/mol. The lowest BCUT2D eigenvalue weighted by atomic mass is 10.1. The van der Waals surface area contributed by atoms with Crippen molar-refractivity contribution >= 4 is 19.4 Å². The summed E-state index contributed by atoms with van der Waals surface area (Å²) in [5.74, 6) is -1.49. The fraction of sp³-hybridized carbons (Fsp3) is 0.846. The van der Waals surface area contributed by atoms with Gasteiger partial charge in [-0.1, -0.05) is 12.8 Å². The molecule has 1 fully saturated rings. The molecule has 128 valence electrons. The Kier molecular flexibility index (Phi) is 8.03. The van der Waals surface area contributed by atoms with Crippen LogP contribution in [0.25, 0.3) is 0 Å². The maximum Gasteiger partial charge on any atom is 0.323 e. The van der Waals surface area contributed by atoms with E-state index in [1.807, 2.05) is 0 Å². The average molecular weight is 335 g/mol. The summed E-state index contributed by atoms with van der Waals surface area (Å²) >= 11 is 0. The molecule has 0 spiro atoms. The van der Waals surface area contributed by atoms with Gasteiger partial charge in [0.2, 0.25) is 5.91 Å². The van der Waals surface area contributed by atoms with Gasteiger partial charge in [0.15, 0.2) is 0 Å². The van der Waals surface area contributed by atoms with Crippen LogP contribution in [0.1, 0.15) is 38.5 Å². The maximum absolute atomic E-state index is 12.1. The number of unbranched alkanes of at least 4 members (excludes halogenated alkanes) is 3. The highest BCUT2D eigenvalue weighted by atomic mass is 31.2. The van der Waals surface area contributed by atoms with E-state index in [1.165, 1.54) is 4.90 Å². The van der Waals surface area contributed by atoms with Crippen molar-refractivity contribution in [2.45, 2.75) is 44.6 Å². The Morgan fingerprint density at radius 1 is 1.36 bits per heavy atom. The number of hydrogen-bond acceptors (Lipinski definition) is 4. The first kappa shape index (κ1) is 19.1. The molecule has 5 N–H and O–H groups in total. The zero-order valence-electron chi connectivity index (χ0n) is 12.7. The molecule has 1 aliphatic rings. The molecule has 22 heavy (non-hydrogen) atoms. The number of rotatable bonds is 10. The van der Waals surface area contributed by atoms with Gasteiger partial charge in [-0.3, -0.25) is 14.2 Å². The van der Waals surface area contributed by atoms with E-state index in [2.05, 4.69) is 5.09 Å². The summed E-state index contributed by atoms with van der Waals surface area (Å²) in [6.07, 6.45) is 4.42. The molecule has 8 nitrogen and oxygen atoms in total. The van der Waals surface area contributed by atoms with Gasteiger partial charge in [-0.2, -0.15) is 0 Å². The van der Waals surface area contributed by atoms with E-state index in [0.29, 0.717) is 32.4 Å². The number of carbonyl (C=O) groups is 2. The van der Waals surface area contributed by atoms with Crippen molar-refractivity contribution in [3.05, 3.63) is 0 Å². The zero-order valence-corrected chi connectivity index (χ0v) is 13.6. The SMILES string of the molecule is NCCCCCCP(=O)(O)NC1CCCN(CC(=O)O)C1=O. The summed E-state index contributed by atoms with van der Waals surface area (Å²) in [7, 11) is -3.58. The van der Waals surface area contributed by atoms with Crippen LogP contribution in [0.3, 0.4) is 0 Å². The van der Waals surface area contributed by atoms with Crippen LogP contribution in [0.5, 0.6) is 0 Å². The minimum absolute atomic E-state index is 0.111. The normalized spacial score (nSPS) is 21.6. The van der Waals surface area contributed by atoms with Crippen LogP contribution < -0.4 is 10.8 Å². The van der Waals surface area contributed by atoms with E-state index in [4.69, 9.17) is 10.8 Å². The number of piperidine rings is 1. The summed E-state index contributed by atoms with van der Waals surface area (Å²) in [4.78, 5) is 34.0. The van der Waals surface area contributed by atoms with Gasteiger partial charge in [0.25, 0.3) is 7.52 Å². The number of carbonyl (C=O) groups excluding carboxylic acids is 1. The molecule has 1 saturated heterocycles. The Morgan fingerprint density at radius 3 is 2.68 bits per heavy atom. The Bertz CT molecular complexity index is 432. The van der Waals surface area contributed by atoms with Gasteiger partial charge < -0.3 is 20.6 Å². The van der Waals surface area contributed by atoms with Crippen molar-refractivity contribution in [2.24, 2.45) is 5.73 Å². The van der Waals surface area contributed by atoms with E-state index >= 15 is 0 Å². The minimum Gasteiger partial charge on any atom is -0.480 e. The molecule has 0 radical (unpaired) electrons. The number of carboxylic acids is 1. The molecule has 2 atom stereocenters. The molecule has 1 heterocycles. The Morgan fingerprint density at radius 2 is 2.05 bits per heavy atom. The van der Waals surface area contributed by atoms with Gasteiger partial charge in [-0.15, -0.1) is 0 Å². The second-order valence-corrected chi connectivity index (χ2v) is 7.71. The summed E-state index contributed by atoms with van der Waals surface area (Å²) in [6.45, 7) is 0.620. The molecule has 0 saturated carbocycles. The highest BCUT2D eigenvalue weighted by Gasteiger charge is 2.33. The first-order valence-electron chi connectivity index (χ1n) is 7.66. The molecule has 0 aliphatic carbocycles. The second kappa shape index (κ2) is 9.25. The van der Waals surface area contributed by atoms with Crippen LogP contribution in [0.2, 0.25) is 0 Å². The largest absolute Gasteiger partial charge is 0.480 e. The second-order valence-electron chi connectivity index (χ2n) is 5.61. The fourth-order valence-corrected chi connectivity index (χ4v) is 4.02. The lowest BCUT2D eigenvalue weighted by molar-refractivity contribution is -0.146. The smallest absolute Gasteiger partial charge is 0.323 e. The number of aliphatic carboxylic acids is 1. The summed E-state index contributed by atoms with van der Waals surface area (Å²) in [5.41, 5.74) is 5.38. The first-order chi connectivity index (χ1) is 10.4. The van der Waals surface area contributed by atoms with Crippen molar-refractivity contribution in [2.75, 3.05) is 25.8 Å². The van der Waals surface area contributed by atoms with Crippen LogP contribution in [0, 0.1) is 0 Å². The van der Waals surface area contributed by atoms with Gasteiger partial charge in [-0.05, 0) is 32.2 Å². The van der Waals surface area contributed by atoms with Gasteiger partial charge in [0.05, 0.1) is 6.04 Å². The summed E-state index contributed by atoms with van der Waals surface area (Å²) in [6, 6.07) is -0.770. The standard InChI is InChI=1S/C13H26N3O5P/c14-7-3-1-2-4-9-22(20,21)15-11-6-5-8-16(13(11)19)10-12(17)18/h11H,1-10,14H2,(H,17,18)(H2,15,20,21). The van der Waals surface area contributed by atoms with Gasteiger partial charge in [0, 0.05) is 12.7 Å². The zero-order chi connectivity index (χ0) is 16.6.